The van der Waals surface area contributed by atoms with Gasteiger partial charge >= 0.3 is 0 Å². The summed E-state index contributed by atoms with van der Waals surface area (Å²) >= 11 is 0. The lowest BCUT2D eigenvalue weighted by Crippen LogP contribution is -2.12. The summed E-state index contributed by atoms with van der Waals surface area (Å²) in [6.45, 7) is 16.2. The Morgan fingerprint density at radius 2 is 0.845 bits per heavy atom. The fourth-order valence-corrected chi connectivity index (χ4v) is 9.34. The fourth-order valence-electron chi connectivity index (χ4n) is 9.34. The zero-order valence-corrected chi connectivity index (χ0v) is 34.6. The second-order valence-corrected chi connectivity index (χ2v) is 18.3. The Kier molecular flexibility index (Phi) is 8.25. The van der Waals surface area contributed by atoms with Crippen molar-refractivity contribution in [2.45, 2.75) is 59.3 Å². The lowest BCUT2D eigenvalue weighted by Gasteiger charge is -2.30. The summed E-state index contributed by atoms with van der Waals surface area (Å²) in [5.41, 5.74) is 12.5. The highest BCUT2D eigenvalue weighted by atomic mass is 15.1. The van der Waals surface area contributed by atoms with Gasteiger partial charge in [-0.25, -0.2) is 0 Å². The summed E-state index contributed by atoms with van der Waals surface area (Å²) in [7, 11) is 0. The van der Waals surface area contributed by atoms with Gasteiger partial charge in [-0.3, -0.25) is 0 Å². The predicted octanol–water partition coefficient (Wildman–Crippen LogP) is 16.6. The molecular formula is C57H49N. The van der Waals surface area contributed by atoms with Crippen molar-refractivity contribution in [3.05, 3.63) is 187 Å². The maximum absolute atomic E-state index is 2.47. The van der Waals surface area contributed by atoms with Crippen LogP contribution in [-0.2, 0) is 10.8 Å². The van der Waals surface area contributed by atoms with Crippen LogP contribution < -0.4 is 4.90 Å². The van der Waals surface area contributed by atoms with E-state index in [9.17, 15) is 0 Å². The Morgan fingerprint density at radius 1 is 0.379 bits per heavy atom. The molecule has 10 aromatic rings. The van der Waals surface area contributed by atoms with E-state index in [1.807, 2.05) is 0 Å². The van der Waals surface area contributed by atoms with Gasteiger partial charge in [0, 0.05) is 22.1 Å². The second-order valence-electron chi connectivity index (χ2n) is 18.3. The van der Waals surface area contributed by atoms with Gasteiger partial charge in [-0.15, -0.1) is 0 Å². The van der Waals surface area contributed by atoms with Gasteiger partial charge in [-0.05, 0) is 130 Å². The third-order valence-corrected chi connectivity index (χ3v) is 12.3. The molecule has 0 aliphatic rings. The molecule has 0 unspecified atom stereocenters. The molecule has 0 aliphatic carbocycles. The van der Waals surface area contributed by atoms with Crippen molar-refractivity contribution in [1.82, 2.24) is 0 Å². The van der Waals surface area contributed by atoms with Crippen LogP contribution in [0.2, 0.25) is 0 Å². The van der Waals surface area contributed by atoms with E-state index in [4.69, 9.17) is 0 Å². The van der Waals surface area contributed by atoms with E-state index in [2.05, 4.69) is 223 Å². The Hall–Kier alpha value is -6.44. The van der Waals surface area contributed by atoms with Crippen LogP contribution in [0.25, 0.3) is 76.1 Å². The molecule has 282 valence electrons. The molecule has 0 bridgehead atoms. The number of rotatable bonds is 5. The Morgan fingerprint density at radius 3 is 1.38 bits per heavy atom. The fraction of sp³-hybridized carbons (Fsp3) is 0.158. The molecule has 0 fully saturated rings. The predicted molar refractivity (Wildman–Crippen MR) is 253 cm³/mol. The van der Waals surface area contributed by atoms with Crippen LogP contribution >= 0.6 is 0 Å². The molecule has 10 aromatic carbocycles. The van der Waals surface area contributed by atoms with E-state index in [0.29, 0.717) is 0 Å². The number of para-hydroxylation sites is 2. The van der Waals surface area contributed by atoms with E-state index >= 15 is 0 Å². The third-order valence-electron chi connectivity index (χ3n) is 12.3. The first-order chi connectivity index (χ1) is 28.0. The number of nitrogens with zero attached hydrogens (tertiary/aromatic N) is 1. The SMILES string of the molecule is Cc1cc(-c2cc(-c3c4ccccc4c(N(c4ccccc4)c4ccccc4)c4ccccc34)cc(C(C)(C)C)c2)c2ccc3cc(C(C)(C)C)cc4ccc1c2c43. The van der Waals surface area contributed by atoms with Crippen molar-refractivity contribution in [3.8, 4) is 22.3 Å². The van der Waals surface area contributed by atoms with Gasteiger partial charge in [0.05, 0.1) is 5.69 Å². The van der Waals surface area contributed by atoms with E-state index in [1.54, 1.807) is 0 Å². The maximum atomic E-state index is 2.47. The lowest BCUT2D eigenvalue weighted by molar-refractivity contribution is 0.590. The topological polar surface area (TPSA) is 3.24 Å². The maximum Gasteiger partial charge on any atom is 0.0618 e. The Bertz CT molecular complexity index is 3060. The molecule has 0 spiro atoms. The summed E-state index contributed by atoms with van der Waals surface area (Å²) < 4.78 is 0. The average molecular weight is 748 g/mol. The van der Waals surface area contributed by atoms with Gasteiger partial charge in [0.1, 0.15) is 0 Å². The van der Waals surface area contributed by atoms with Gasteiger partial charge in [0.25, 0.3) is 0 Å². The molecule has 1 heteroatoms. The molecule has 10 rings (SSSR count). The second kappa shape index (κ2) is 13.3. The zero-order chi connectivity index (χ0) is 39.9. The molecule has 58 heavy (non-hydrogen) atoms. The normalized spacial score (nSPS) is 12.4. The highest BCUT2D eigenvalue weighted by Gasteiger charge is 2.25. The summed E-state index contributed by atoms with van der Waals surface area (Å²) in [5.74, 6) is 0. The number of anilines is 3. The molecule has 0 N–H and O–H groups in total. The van der Waals surface area contributed by atoms with Crippen molar-refractivity contribution < 1.29 is 0 Å². The van der Waals surface area contributed by atoms with Crippen molar-refractivity contribution in [3.63, 3.8) is 0 Å². The minimum absolute atomic E-state index is 0.0727. The van der Waals surface area contributed by atoms with Gasteiger partial charge < -0.3 is 4.90 Å². The van der Waals surface area contributed by atoms with Gasteiger partial charge in [-0.2, -0.15) is 0 Å². The van der Waals surface area contributed by atoms with Crippen LogP contribution in [0, 0.1) is 6.92 Å². The van der Waals surface area contributed by atoms with E-state index in [-0.39, 0.29) is 10.8 Å². The van der Waals surface area contributed by atoms with Crippen LogP contribution in [0.1, 0.15) is 58.2 Å². The van der Waals surface area contributed by atoms with E-state index in [0.717, 1.165) is 11.4 Å². The van der Waals surface area contributed by atoms with E-state index < -0.39 is 0 Å². The number of benzene rings is 10. The molecule has 0 aliphatic heterocycles. The standard InChI is InChI=1S/C57H49N/c1-36-30-51(48-29-27-38-33-41(56(2,3)4)32-37-26-28-45(36)54(48)52(37)38)39-31-40(35-42(34-39)57(5,6)7)53-46-22-14-16-24-49(46)55(50-25-17-15-23-47(50)53)58(43-18-10-8-11-19-43)44-20-12-9-13-21-44/h8-35H,1-7H3. The third kappa shape index (κ3) is 5.83. The van der Waals surface area contributed by atoms with E-state index in [1.165, 1.54) is 98.5 Å². The molecular weight excluding hydrogens is 699 g/mol. The molecule has 0 aromatic heterocycles. The summed E-state index contributed by atoms with van der Waals surface area (Å²) in [6.07, 6.45) is 0. The molecule has 0 atom stereocenters. The Labute approximate surface area is 342 Å². The summed E-state index contributed by atoms with van der Waals surface area (Å²) in [5, 5.41) is 13.0. The highest BCUT2D eigenvalue weighted by Crippen LogP contribution is 2.50. The van der Waals surface area contributed by atoms with Gasteiger partial charge in [0.15, 0.2) is 0 Å². The number of hydrogen-bond acceptors (Lipinski definition) is 1. The Balaban J connectivity index is 1.28. The molecule has 0 saturated heterocycles. The minimum Gasteiger partial charge on any atom is -0.309 e. The molecule has 0 heterocycles. The van der Waals surface area contributed by atoms with Crippen LogP contribution in [0.15, 0.2) is 170 Å². The zero-order valence-electron chi connectivity index (χ0n) is 34.6. The lowest BCUT2D eigenvalue weighted by atomic mass is 9.80. The molecule has 0 radical (unpaired) electrons. The number of aryl methyl sites for hydroxylation is 1. The molecule has 1 nitrogen and oxygen atoms in total. The van der Waals surface area contributed by atoms with Crippen LogP contribution in [-0.4, -0.2) is 0 Å². The van der Waals surface area contributed by atoms with Crippen molar-refractivity contribution in [2.24, 2.45) is 0 Å². The van der Waals surface area contributed by atoms with Crippen molar-refractivity contribution in [2.75, 3.05) is 4.90 Å². The van der Waals surface area contributed by atoms with Gasteiger partial charge in [-0.1, -0.05) is 181 Å². The first-order valence-electron chi connectivity index (χ1n) is 20.7. The monoisotopic (exact) mass is 747 g/mol. The summed E-state index contributed by atoms with van der Waals surface area (Å²) in [6, 6.07) is 63.7. The average Bonchev–Trinajstić information content (AvgIpc) is 3.23. The first kappa shape index (κ1) is 35.9. The van der Waals surface area contributed by atoms with Crippen LogP contribution in [0.4, 0.5) is 17.1 Å². The number of fused-ring (bicyclic) bond motifs is 2. The first-order valence-corrected chi connectivity index (χ1v) is 20.7. The van der Waals surface area contributed by atoms with Crippen molar-refractivity contribution in [1.29, 1.82) is 0 Å². The van der Waals surface area contributed by atoms with Crippen LogP contribution in [0.5, 0.6) is 0 Å². The number of hydrogen-bond donors (Lipinski definition) is 0. The van der Waals surface area contributed by atoms with Crippen molar-refractivity contribution >= 4 is 70.9 Å². The largest absolute Gasteiger partial charge is 0.309 e. The highest BCUT2D eigenvalue weighted by molar-refractivity contribution is 6.27. The quantitative estimate of drug-likeness (QED) is 0.125. The summed E-state index contributed by atoms with van der Waals surface area (Å²) in [4.78, 5) is 2.43. The molecule has 0 saturated carbocycles. The molecule has 0 amide bonds. The smallest absolute Gasteiger partial charge is 0.0618 e. The van der Waals surface area contributed by atoms with Gasteiger partial charge in [0.2, 0.25) is 0 Å². The minimum atomic E-state index is -0.0735. The van der Waals surface area contributed by atoms with Crippen LogP contribution in [0.3, 0.4) is 0 Å².